The minimum absolute atomic E-state index is 0.00876. The Morgan fingerprint density at radius 3 is 2.13 bits per heavy atom. The first-order valence-electron chi connectivity index (χ1n) is 26.6. The Morgan fingerprint density at radius 1 is 0.684 bits per heavy atom. The summed E-state index contributed by atoms with van der Waals surface area (Å²) in [6.07, 6.45) is 7.44. The van der Waals surface area contributed by atoms with Gasteiger partial charge in [0.05, 0.1) is 69.9 Å². The highest BCUT2D eigenvalue weighted by Gasteiger charge is 2.23. The fraction of sp³-hybridized carbons (Fsp3) is 0.561. The van der Waals surface area contributed by atoms with Crippen LogP contribution in [-0.2, 0) is 72.3 Å². The van der Waals surface area contributed by atoms with Crippen LogP contribution in [0.5, 0.6) is 5.75 Å². The molecule has 0 saturated carbocycles. The molecule has 1 saturated heterocycles. The summed E-state index contributed by atoms with van der Waals surface area (Å²) in [5.74, 6) is 1.19. The van der Waals surface area contributed by atoms with Crippen LogP contribution >= 0.6 is 11.6 Å². The van der Waals surface area contributed by atoms with E-state index < -0.39 is 12.2 Å². The zero-order chi connectivity index (χ0) is 54.1. The first-order valence-corrected chi connectivity index (χ1v) is 27.2. The van der Waals surface area contributed by atoms with Crippen molar-refractivity contribution in [3.05, 3.63) is 101 Å². The standard InChI is InChI=1S/C57H80ClN5O13/c1-57(2,3)53-43-48(42-49(64)41-46-19-20-52(51-17-7-6-16-50(46)51)73-33-25-62-23-31-71-32-24-62)63(61-53)47-15-12-14-45(40-47)44-60-56(67)75-29-11-10-28-74-54(65)18-13-27-69-35-37-72-38-39-76-55(66)59-22-30-70-36-34-68-26-9-5-4-8-21-58/h6-7,10-12,14-17,19-20,40,43H,4-5,8-9,13,18,21-39,41-42,44H2,1-3H3,(H,59,66)(H,60,67)/b11-10+. The monoisotopic (exact) mass is 1080 g/mol. The molecule has 3 aromatic carbocycles. The molecule has 19 heteroatoms. The number of nitrogens with zero attached hydrogens (tertiary/aromatic N) is 3. The van der Waals surface area contributed by atoms with Gasteiger partial charge in [0.15, 0.2) is 0 Å². The van der Waals surface area contributed by atoms with Crippen LogP contribution in [0.4, 0.5) is 9.59 Å². The van der Waals surface area contributed by atoms with E-state index in [2.05, 4.69) is 36.3 Å². The number of carbonyl (C=O) groups excluding carboxylic acids is 4. The Bertz CT molecular complexity index is 2370. The molecule has 0 spiro atoms. The van der Waals surface area contributed by atoms with Crippen LogP contribution in [0, 0.1) is 0 Å². The van der Waals surface area contributed by atoms with Gasteiger partial charge in [-0.15, -0.1) is 11.6 Å². The number of Topliss-reactive ketones (excluding diaryl/α,β-unsaturated/α-hetero) is 1. The lowest BCUT2D eigenvalue weighted by molar-refractivity contribution is -0.142. The van der Waals surface area contributed by atoms with E-state index in [0.717, 1.165) is 103 Å². The summed E-state index contributed by atoms with van der Waals surface area (Å²) in [4.78, 5) is 52.7. The number of rotatable bonds is 37. The molecule has 1 aliphatic rings. The van der Waals surface area contributed by atoms with Crippen molar-refractivity contribution < 1.29 is 61.8 Å². The van der Waals surface area contributed by atoms with E-state index in [1.165, 1.54) is 0 Å². The Hall–Kier alpha value is -5.60. The van der Waals surface area contributed by atoms with Gasteiger partial charge in [-0.2, -0.15) is 5.10 Å². The normalized spacial score (nSPS) is 13.0. The number of hydrogen-bond donors (Lipinski definition) is 2. The van der Waals surface area contributed by atoms with Crippen molar-refractivity contribution in [3.8, 4) is 11.4 Å². The Balaban J connectivity index is 0.911. The van der Waals surface area contributed by atoms with Gasteiger partial charge in [-0.3, -0.25) is 14.5 Å². The van der Waals surface area contributed by atoms with Crippen LogP contribution < -0.4 is 15.4 Å². The van der Waals surface area contributed by atoms with Crippen molar-refractivity contribution >= 4 is 46.3 Å². The molecule has 0 bridgehead atoms. The number of alkyl carbamates (subject to hydrolysis) is 2. The van der Waals surface area contributed by atoms with E-state index in [1.54, 1.807) is 12.2 Å². The van der Waals surface area contributed by atoms with Gasteiger partial charge in [-0.25, -0.2) is 14.3 Å². The Morgan fingerprint density at radius 2 is 1.37 bits per heavy atom. The largest absolute Gasteiger partial charge is 0.492 e. The van der Waals surface area contributed by atoms with Gasteiger partial charge in [0.2, 0.25) is 0 Å². The van der Waals surface area contributed by atoms with Crippen LogP contribution in [0.15, 0.2) is 78.9 Å². The Kier molecular flexibility index (Phi) is 28.8. The number of unbranched alkanes of at least 4 members (excludes halogenated alkanes) is 3. The third-order valence-electron chi connectivity index (χ3n) is 12.0. The third-order valence-corrected chi connectivity index (χ3v) is 12.3. The second-order valence-corrected chi connectivity index (χ2v) is 19.5. The minimum Gasteiger partial charge on any atom is -0.492 e. The molecule has 5 rings (SSSR count). The SMILES string of the molecule is CC(C)(C)c1cc(CC(=O)Cc2ccc(OCCN3CCOCC3)c3ccccc23)n(-c2cccc(CNC(=O)OC/C=C/COC(=O)CCCOCCOCCOC(=O)NCCOCCOCCCCCCCl)c2)n1. The number of benzene rings is 3. The number of alkyl halides is 1. The average Bonchev–Trinajstić information content (AvgIpc) is 3.86. The van der Waals surface area contributed by atoms with Gasteiger partial charge < -0.3 is 53.3 Å². The topological polar surface area (TPSA) is 196 Å². The molecule has 0 unspecified atom stereocenters. The number of amides is 2. The number of ether oxygens (including phenoxy) is 9. The fourth-order valence-electron chi connectivity index (χ4n) is 7.92. The molecule has 0 radical (unpaired) electrons. The molecule has 2 heterocycles. The second kappa shape index (κ2) is 35.7. The summed E-state index contributed by atoms with van der Waals surface area (Å²) in [6.45, 7) is 14.9. The van der Waals surface area contributed by atoms with Crippen molar-refractivity contribution in [2.75, 3.05) is 125 Å². The highest BCUT2D eigenvalue weighted by atomic mass is 35.5. The lowest BCUT2D eigenvalue weighted by atomic mass is 9.92. The quantitative estimate of drug-likeness (QED) is 0.0144. The number of esters is 1. The molecule has 418 valence electrons. The maximum Gasteiger partial charge on any atom is 0.407 e. The van der Waals surface area contributed by atoms with Gasteiger partial charge in [0.1, 0.15) is 38.0 Å². The number of nitrogens with one attached hydrogen (secondary N) is 2. The number of carbonyl (C=O) groups is 4. The summed E-state index contributed by atoms with van der Waals surface area (Å²) in [5.41, 5.74) is 3.90. The van der Waals surface area contributed by atoms with E-state index in [4.69, 9.17) is 59.3 Å². The summed E-state index contributed by atoms with van der Waals surface area (Å²) >= 11 is 5.67. The number of aromatic nitrogens is 2. The van der Waals surface area contributed by atoms with Gasteiger partial charge in [-0.1, -0.05) is 76.1 Å². The maximum atomic E-state index is 13.9. The zero-order valence-electron chi connectivity index (χ0n) is 44.8. The highest BCUT2D eigenvalue weighted by molar-refractivity contribution is 6.17. The summed E-state index contributed by atoms with van der Waals surface area (Å²) in [5, 5.41) is 12.3. The summed E-state index contributed by atoms with van der Waals surface area (Å²) < 4.78 is 51.0. The van der Waals surface area contributed by atoms with Crippen LogP contribution in [0.1, 0.15) is 81.8 Å². The molecular weight excluding hydrogens is 998 g/mol. The van der Waals surface area contributed by atoms with Crippen molar-refractivity contribution in [2.45, 2.75) is 84.1 Å². The number of fused-ring (bicyclic) bond motifs is 1. The molecule has 18 nitrogen and oxygen atoms in total. The summed E-state index contributed by atoms with van der Waals surface area (Å²) in [7, 11) is 0. The van der Waals surface area contributed by atoms with Crippen LogP contribution in [0.25, 0.3) is 16.5 Å². The Labute approximate surface area is 453 Å². The molecule has 0 aliphatic carbocycles. The predicted molar refractivity (Wildman–Crippen MR) is 291 cm³/mol. The van der Waals surface area contributed by atoms with Crippen LogP contribution in [0.2, 0.25) is 0 Å². The molecule has 1 fully saturated rings. The molecule has 1 aliphatic heterocycles. The second-order valence-electron chi connectivity index (χ2n) is 19.1. The molecule has 2 amide bonds. The van der Waals surface area contributed by atoms with E-state index in [0.29, 0.717) is 71.7 Å². The number of morpholine rings is 1. The van der Waals surface area contributed by atoms with Crippen molar-refractivity contribution in [3.63, 3.8) is 0 Å². The lowest BCUT2D eigenvalue weighted by Crippen LogP contribution is -2.38. The van der Waals surface area contributed by atoms with Crippen molar-refractivity contribution in [1.82, 2.24) is 25.3 Å². The van der Waals surface area contributed by atoms with E-state index in [1.807, 2.05) is 71.4 Å². The number of ketones is 1. The summed E-state index contributed by atoms with van der Waals surface area (Å²) in [6, 6.07) is 21.7. The third kappa shape index (κ3) is 24.2. The van der Waals surface area contributed by atoms with Crippen molar-refractivity contribution in [2.24, 2.45) is 0 Å². The number of hydrogen-bond acceptors (Lipinski definition) is 15. The molecular formula is C57H80ClN5O13. The highest BCUT2D eigenvalue weighted by Crippen LogP contribution is 2.30. The molecule has 4 aromatic rings. The van der Waals surface area contributed by atoms with Gasteiger partial charge >= 0.3 is 18.2 Å². The fourth-order valence-corrected chi connectivity index (χ4v) is 8.11. The van der Waals surface area contributed by atoms with Gasteiger partial charge in [-0.05, 0) is 72.2 Å². The van der Waals surface area contributed by atoms with E-state index in [9.17, 15) is 19.2 Å². The minimum atomic E-state index is -0.607. The van der Waals surface area contributed by atoms with Gasteiger partial charge in [0.25, 0.3) is 0 Å². The average molecular weight is 1080 g/mol. The van der Waals surface area contributed by atoms with E-state index in [-0.39, 0.29) is 69.4 Å². The number of halogens is 1. The van der Waals surface area contributed by atoms with Crippen LogP contribution in [-0.4, -0.2) is 163 Å². The van der Waals surface area contributed by atoms with Crippen molar-refractivity contribution in [1.29, 1.82) is 0 Å². The molecule has 1 aromatic heterocycles. The maximum absolute atomic E-state index is 13.9. The molecule has 76 heavy (non-hydrogen) atoms. The van der Waals surface area contributed by atoms with E-state index >= 15 is 0 Å². The predicted octanol–water partition coefficient (Wildman–Crippen LogP) is 8.09. The van der Waals surface area contributed by atoms with Crippen LogP contribution in [0.3, 0.4) is 0 Å². The smallest absolute Gasteiger partial charge is 0.407 e. The first kappa shape index (κ1) is 61.3. The first-order chi connectivity index (χ1) is 37.0. The zero-order valence-corrected chi connectivity index (χ0v) is 45.6. The molecule has 2 N–H and O–H groups in total. The molecule has 0 atom stereocenters. The lowest BCUT2D eigenvalue weighted by Gasteiger charge is -2.26. The van der Waals surface area contributed by atoms with Gasteiger partial charge in [0, 0.05) is 81.9 Å².